The largest absolute Gasteiger partial charge is 0.419 e. The van der Waals surface area contributed by atoms with Crippen LogP contribution in [0.2, 0.25) is 0 Å². The van der Waals surface area contributed by atoms with Crippen molar-refractivity contribution in [3.63, 3.8) is 0 Å². The van der Waals surface area contributed by atoms with Crippen molar-refractivity contribution in [2.24, 2.45) is 5.73 Å². The van der Waals surface area contributed by atoms with E-state index in [-0.39, 0.29) is 17.6 Å². The molecule has 0 spiro atoms. The van der Waals surface area contributed by atoms with Gasteiger partial charge in [-0.05, 0) is 31.0 Å². The van der Waals surface area contributed by atoms with Gasteiger partial charge in [0.2, 0.25) is 0 Å². The summed E-state index contributed by atoms with van der Waals surface area (Å²) >= 11 is 0. The molecular weight excluding hydrogens is 288 g/mol. The van der Waals surface area contributed by atoms with Crippen LogP contribution in [0.1, 0.15) is 41.6 Å². The van der Waals surface area contributed by atoms with Gasteiger partial charge < -0.3 is 11.1 Å². The highest BCUT2D eigenvalue weighted by Gasteiger charge is 2.35. The Bertz CT molecular complexity index is 530. The van der Waals surface area contributed by atoms with Crippen LogP contribution < -0.4 is 11.1 Å². The number of halogens is 4. The molecule has 0 bridgehead atoms. The predicted molar refractivity (Wildman–Crippen MR) is 69.1 cm³/mol. The zero-order valence-electron chi connectivity index (χ0n) is 11.2. The highest BCUT2D eigenvalue weighted by molar-refractivity contribution is 5.94. The summed E-state index contributed by atoms with van der Waals surface area (Å²) < 4.78 is 51.0. The summed E-state index contributed by atoms with van der Waals surface area (Å²) in [4.78, 5) is 12.0. The van der Waals surface area contributed by atoms with E-state index >= 15 is 0 Å². The molecule has 1 aromatic rings. The number of amides is 1. The zero-order valence-corrected chi connectivity index (χ0v) is 11.2. The van der Waals surface area contributed by atoms with E-state index in [1.807, 2.05) is 0 Å². The fourth-order valence-electron chi connectivity index (χ4n) is 2.47. The van der Waals surface area contributed by atoms with Gasteiger partial charge in [0.15, 0.2) is 0 Å². The van der Waals surface area contributed by atoms with E-state index < -0.39 is 23.5 Å². The number of nitrogens with two attached hydrogens (primary N) is 1. The molecule has 3 nitrogen and oxygen atoms in total. The highest BCUT2D eigenvalue weighted by Crippen LogP contribution is 2.32. The summed E-state index contributed by atoms with van der Waals surface area (Å²) in [5, 5.41) is 2.63. The normalized spacial score (nSPS) is 22.9. The minimum absolute atomic E-state index is 0.203. The number of nitrogens with one attached hydrogen (secondary N) is 1. The first-order valence-corrected chi connectivity index (χ1v) is 6.72. The average molecular weight is 304 g/mol. The smallest absolute Gasteiger partial charge is 0.348 e. The number of hydrogen-bond acceptors (Lipinski definition) is 2. The Kier molecular flexibility index (Phi) is 4.51. The molecular formula is C14H16F4N2O. The van der Waals surface area contributed by atoms with Gasteiger partial charge in [-0.3, -0.25) is 4.79 Å². The monoisotopic (exact) mass is 304 g/mol. The Balaban J connectivity index is 2.16. The van der Waals surface area contributed by atoms with Crippen molar-refractivity contribution in [1.29, 1.82) is 0 Å². The van der Waals surface area contributed by atoms with Gasteiger partial charge in [0, 0.05) is 17.6 Å². The first-order valence-electron chi connectivity index (χ1n) is 6.72. The van der Waals surface area contributed by atoms with Crippen LogP contribution in [0.15, 0.2) is 18.2 Å². The molecule has 1 aliphatic rings. The second-order valence-corrected chi connectivity index (χ2v) is 5.22. The van der Waals surface area contributed by atoms with Gasteiger partial charge in [-0.2, -0.15) is 13.2 Å². The molecule has 1 amide bonds. The fraction of sp³-hybridized carbons (Fsp3) is 0.500. The minimum atomic E-state index is -4.83. The van der Waals surface area contributed by atoms with Crippen molar-refractivity contribution in [2.45, 2.75) is 43.9 Å². The second-order valence-electron chi connectivity index (χ2n) is 5.22. The van der Waals surface area contributed by atoms with Gasteiger partial charge in [0.25, 0.3) is 5.91 Å². The Morgan fingerprint density at radius 2 is 1.90 bits per heavy atom. The average Bonchev–Trinajstić information content (AvgIpc) is 2.40. The van der Waals surface area contributed by atoms with Crippen LogP contribution in [0, 0.1) is 5.82 Å². The summed E-state index contributed by atoms with van der Waals surface area (Å²) in [6.45, 7) is 0. The molecule has 0 unspecified atom stereocenters. The van der Waals surface area contributed by atoms with E-state index in [1.165, 1.54) is 0 Å². The van der Waals surface area contributed by atoms with Crippen molar-refractivity contribution in [2.75, 3.05) is 0 Å². The highest BCUT2D eigenvalue weighted by atomic mass is 19.4. The molecule has 0 heterocycles. The standard InChI is InChI=1S/C14H16F4N2O/c15-10-6-5-8(7-9(10)14(16,17)18)13(21)20-12-4-2-1-3-11(12)19/h5-7,11-12H,1-4,19H2,(H,20,21)/t11-,12-/m1/s1. The Hall–Kier alpha value is -1.63. The zero-order chi connectivity index (χ0) is 15.6. The summed E-state index contributed by atoms with van der Waals surface area (Å²) in [5.41, 5.74) is 4.21. The number of benzene rings is 1. The minimum Gasteiger partial charge on any atom is -0.348 e. The number of rotatable bonds is 2. The molecule has 1 fully saturated rings. The predicted octanol–water partition coefficient (Wildman–Crippen LogP) is 2.84. The number of alkyl halides is 3. The fourth-order valence-corrected chi connectivity index (χ4v) is 2.47. The molecule has 21 heavy (non-hydrogen) atoms. The number of carbonyl (C=O) groups excluding carboxylic acids is 1. The Morgan fingerprint density at radius 3 is 2.52 bits per heavy atom. The second kappa shape index (κ2) is 6.01. The number of hydrogen-bond donors (Lipinski definition) is 2. The van der Waals surface area contributed by atoms with Crippen LogP contribution in [0.5, 0.6) is 0 Å². The molecule has 2 atom stereocenters. The van der Waals surface area contributed by atoms with Gasteiger partial charge in [-0.15, -0.1) is 0 Å². The van der Waals surface area contributed by atoms with E-state index in [9.17, 15) is 22.4 Å². The van der Waals surface area contributed by atoms with Crippen molar-refractivity contribution >= 4 is 5.91 Å². The molecule has 7 heteroatoms. The molecule has 0 radical (unpaired) electrons. The van der Waals surface area contributed by atoms with Gasteiger partial charge >= 0.3 is 6.18 Å². The van der Waals surface area contributed by atoms with Crippen molar-refractivity contribution in [1.82, 2.24) is 5.32 Å². The van der Waals surface area contributed by atoms with E-state index in [1.54, 1.807) is 0 Å². The molecule has 1 saturated carbocycles. The molecule has 0 aromatic heterocycles. The van der Waals surface area contributed by atoms with Gasteiger partial charge in [-0.1, -0.05) is 12.8 Å². The Labute approximate surface area is 119 Å². The van der Waals surface area contributed by atoms with Crippen molar-refractivity contribution in [3.05, 3.63) is 35.1 Å². The van der Waals surface area contributed by atoms with Crippen LogP contribution in [-0.2, 0) is 6.18 Å². The van der Waals surface area contributed by atoms with E-state index in [0.29, 0.717) is 18.6 Å². The van der Waals surface area contributed by atoms with Crippen molar-refractivity contribution < 1.29 is 22.4 Å². The molecule has 0 aliphatic heterocycles. The van der Waals surface area contributed by atoms with E-state index in [0.717, 1.165) is 25.3 Å². The van der Waals surface area contributed by atoms with E-state index in [4.69, 9.17) is 5.73 Å². The molecule has 3 N–H and O–H groups in total. The molecule has 116 valence electrons. The number of carbonyl (C=O) groups is 1. The van der Waals surface area contributed by atoms with Crippen LogP contribution in [0.25, 0.3) is 0 Å². The quantitative estimate of drug-likeness (QED) is 0.826. The van der Waals surface area contributed by atoms with Crippen LogP contribution in [-0.4, -0.2) is 18.0 Å². The summed E-state index contributed by atoms with van der Waals surface area (Å²) in [6.07, 6.45) is -1.48. The van der Waals surface area contributed by atoms with Crippen molar-refractivity contribution in [3.8, 4) is 0 Å². The first kappa shape index (κ1) is 15.8. The lowest BCUT2D eigenvalue weighted by molar-refractivity contribution is -0.140. The van der Waals surface area contributed by atoms with E-state index in [2.05, 4.69) is 5.32 Å². The topological polar surface area (TPSA) is 55.1 Å². The van der Waals surface area contributed by atoms with Crippen LogP contribution in [0.3, 0.4) is 0 Å². The first-order chi connectivity index (χ1) is 9.79. The third-order valence-corrected chi connectivity index (χ3v) is 3.67. The lowest BCUT2D eigenvalue weighted by atomic mass is 9.91. The Morgan fingerprint density at radius 1 is 1.24 bits per heavy atom. The molecule has 0 saturated heterocycles. The van der Waals surface area contributed by atoms with Crippen LogP contribution in [0.4, 0.5) is 17.6 Å². The summed E-state index contributed by atoms with van der Waals surface area (Å²) in [6, 6.07) is 1.75. The molecule has 2 rings (SSSR count). The maximum atomic E-state index is 13.2. The van der Waals surface area contributed by atoms with Gasteiger partial charge in [-0.25, -0.2) is 4.39 Å². The maximum absolute atomic E-state index is 13.2. The summed E-state index contributed by atoms with van der Waals surface area (Å²) in [7, 11) is 0. The lowest BCUT2D eigenvalue weighted by Gasteiger charge is -2.29. The maximum Gasteiger partial charge on any atom is 0.419 e. The summed E-state index contributed by atoms with van der Waals surface area (Å²) in [5.74, 6) is -2.06. The SMILES string of the molecule is N[C@@H]1CCCC[C@H]1NC(=O)c1ccc(F)c(C(F)(F)F)c1. The third kappa shape index (κ3) is 3.72. The molecule has 1 aromatic carbocycles. The third-order valence-electron chi connectivity index (χ3n) is 3.67. The van der Waals surface area contributed by atoms with Gasteiger partial charge in [0.1, 0.15) is 5.82 Å². The van der Waals surface area contributed by atoms with Gasteiger partial charge in [0.05, 0.1) is 5.56 Å². The lowest BCUT2D eigenvalue weighted by Crippen LogP contribution is -2.49. The molecule has 1 aliphatic carbocycles. The van der Waals surface area contributed by atoms with Crippen LogP contribution >= 0.6 is 0 Å².